The molecule has 3 rings (SSSR count). The van der Waals surface area contributed by atoms with E-state index in [9.17, 15) is 4.79 Å². The zero-order valence-electron chi connectivity index (χ0n) is 14.6. The molecule has 5 heteroatoms. The summed E-state index contributed by atoms with van der Waals surface area (Å²) in [7, 11) is 0. The highest BCUT2D eigenvalue weighted by molar-refractivity contribution is 5.74. The Morgan fingerprint density at radius 1 is 1.21 bits per heavy atom. The fourth-order valence-electron chi connectivity index (χ4n) is 2.65. The maximum Gasteiger partial charge on any atom is 0.262 e. The summed E-state index contributed by atoms with van der Waals surface area (Å²) in [4.78, 5) is 19.7. The molecular formula is C19H23N3O2. The summed E-state index contributed by atoms with van der Waals surface area (Å²) in [5.74, 6) is 0.808. The number of hydrogen-bond donors (Lipinski definition) is 1. The highest BCUT2D eigenvalue weighted by Crippen LogP contribution is 2.24. The van der Waals surface area contributed by atoms with E-state index in [2.05, 4.69) is 42.9 Å². The van der Waals surface area contributed by atoms with Crippen LogP contribution in [0.1, 0.15) is 32.0 Å². The van der Waals surface area contributed by atoms with Crippen molar-refractivity contribution in [2.24, 2.45) is 0 Å². The van der Waals surface area contributed by atoms with Gasteiger partial charge < -0.3 is 9.72 Å². The van der Waals surface area contributed by atoms with Crippen LogP contribution in [0.25, 0.3) is 11.0 Å². The Hall–Kier alpha value is -2.56. The summed E-state index contributed by atoms with van der Waals surface area (Å²) in [6.07, 6.45) is 1.56. The van der Waals surface area contributed by atoms with Crippen LogP contribution in [-0.2, 0) is 12.0 Å². The Labute approximate surface area is 141 Å². The third-order valence-corrected chi connectivity index (χ3v) is 4.07. The average Bonchev–Trinajstić information content (AvgIpc) is 2.91. The fourth-order valence-corrected chi connectivity index (χ4v) is 2.65. The van der Waals surface area contributed by atoms with Crippen molar-refractivity contribution in [3.63, 3.8) is 0 Å². The van der Waals surface area contributed by atoms with Crippen molar-refractivity contribution in [1.82, 2.24) is 14.5 Å². The van der Waals surface area contributed by atoms with E-state index >= 15 is 0 Å². The summed E-state index contributed by atoms with van der Waals surface area (Å²) < 4.78 is 7.34. The molecule has 0 atom stereocenters. The van der Waals surface area contributed by atoms with Gasteiger partial charge in [-0.05, 0) is 36.1 Å². The zero-order chi connectivity index (χ0) is 17.3. The third-order valence-electron chi connectivity index (χ3n) is 4.07. The van der Waals surface area contributed by atoms with Gasteiger partial charge in [-0.1, -0.05) is 32.9 Å². The topological polar surface area (TPSA) is 59.9 Å². The van der Waals surface area contributed by atoms with Gasteiger partial charge in [-0.25, -0.2) is 4.98 Å². The van der Waals surface area contributed by atoms with Gasteiger partial charge in [-0.3, -0.25) is 9.36 Å². The van der Waals surface area contributed by atoms with Crippen LogP contribution in [-0.4, -0.2) is 21.1 Å². The van der Waals surface area contributed by atoms with Gasteiger partial charge in [0, 0.05) is 5.69 Å². The molecule has 0 aliphatic rings. The Morgan fingerprint density at radius 2 is 1.92 bits per heavy atom. The van der Waals surface area contributed by atoms with Crippen molar-refractivity contribution in [2.75, 3.05) is 6.61 Å². The summed E-state index contributed by atoms with van der Waals surface area (Å²) in [6, 6.07) is 9.93. The van der Waals surface area contributed by atoms with Crippen LogP contribution in [0.2, 0.25) is 0 Å². The lowest BCUT2D eigenvalue weighted by molar-refractivity contribution is 0.296. The predicted molar refractivity (Wildman–Crippen MR) is 95.7 cm³/mol. The van der Waals surface area contributed by atoms with E-state index in [1.54, 1.807) is 10.9 Å². The molecule has 0 bridgehead atoms. The van der Waals surface area contributed by atoms with Crippen molar-refractivity contribution >= 4 is 11.0 Å². The smallest absolute Gasteiger partial charge is 0.262 e. The number of ether oxygens (including phenoxy) is 1. The first-order valence-corrected chi connectivity index (χ1v) is 8.13. The number of fused-ring (bicyclic) bond motifs is 1. The number of rotatable bonds is 4. The monoisotopic (exact) mass is 325 g/mol. The minimum absolute atomic E-state index is 0.0453. The molecular weight excluding hydrogens is 302 g/mol. The van der Waals surface area contributed by atoms with Crippen molar-refractivity contribution < 1.29 is 4.74 Å². The quantitative estimate of drug-likeness (QED) is 0.799. The summed E-state index contributed by atoms with van der Waals surface area (Å²) in [5, 5.41) is 0.615. The van der Waals surface area contributed by atoms with Gasteiger partial charge in [0.15, 0.2) is 0 Å². The van der Waals surface area contributed by atoms with Crippen LogP contribution >= 0.6 is 0 Å². The molecule has 2 heterocycles. The number of H-pyrrole nitrogens is 1. The average molecular weight is 325 g/mol. The number of aromatic amines is 1. The van der Waals surface area contributed by atoms with E-state index in [1.807, 2.05) is 25.1 Å². The van der Waals surface area contributed by atoms with Crippen molar-refractivity contribution in [3.8, 4) is 5.75 Å². The summed E-state index contributed by atoms with van der Waals surface area (Å²) in [5.41, 5.74) is 2.91. The molecule has 3 aromatic rings. The molecule has 1 N–H and O–H groups in total. The first-order chi connectivity index (χ1) is 11.3. The van der Waals surface area contributed by atoms with E-state index in [0.29, 0.717) is 24.2 Å². The molecule has 0 saturated carbocycles. The molecule has 0 saturated heterocycles. The van der Waals surface area contributed by atoms with E-state index in [4.69, 9.17) is 4.74 Å². The highest BCUT2D eigenvalue weighted by Gasteiger charge is 2.13. The SMILES string of the molecule is Cc1cc2c(=O)n(CCOc3ccc(C(C)(C)C)cc3)cnc2[nH]1. The van der Waals surface area contributed by atoms with Gasteiger partial charge in [0.05, 0.1) is 11.9 Å². The van der Waals surface area contributed by atoms with E-state index in [0.717, 1.165) is 11.4 Å². The lowest BCUT2D eigenvalue weighted by Gasteiger charge is -2.19. The molecule has 1 aromatic carbocycles. The third kappa shape index (κ3) is 3.35. The number of nitrogens with one attached hydrogen (secondary N) is 1. The van der Waals surface area contributed by atoms with Gasteiger partial charge in [0.2, 0.25) is 0 Å². The van der Waals surface area contributed by atoms with Crippen molar-refractivity contribution in [1.29, 1.82) is 0 Å². The normalized spacial score (nSPS) is 11.8. The molecule has 126 valence electrons. The maximum absolute atomic E-state index is 12.4. The summed E-state index contributed by atoms with van der Waals surface area (Å²) >= 11 is 0. The number of aryl methyl sites for hydroxylation is 1. The van der Waals surface area contributed by atoms with Crippen LogP contribution in [0.15, 0.2) is 41.5 Å². The van der Waals surface area contributed by atoms with Crippen LogP contribution in [0.3, 0.4) is 0 Å². The first-order valence-electron chi connectivity index (χ1n) is 8.13. The molecule has 0 aliphatic carbocycles. The minimum atomic E-state index is -0.0453. The fraction of sp³-hybridized carbons (Fsp3) is 0.368. The molecule has 0 unspecified atom stereocenters. The van der Waals surface area contributed by atoms with Gasteiger partial charge in [0.1, 0.15) is 24.3 Å². The number of aromatic nitrogens is 3. The van der Waals surface area contributed by atoms with Crippen LogP contribution in [0.4, 0.5) is 0 Å². The zero-order valence-corrected chi connectivity index (χ0v) is 14.6. The first kappa shape index (κ1) is 16.3. The summed E-state index contributed by atoms with van der Waals surface area (Å²) in [6.45, 7) is 9.34. The molecule has 0 radical (unpaired) electrons. The standard InChI is InChI=1S/C19H23N3O2/c1-13-11-16-17(21-13)20-12-22(18(16)23)9-10-24-15-7-5-14(6-8-15)19(2,3)4/h5-8,11-12,21H,9-10H2,1-4H3. The Kier molecular flexibility index (Phi) is 4.18. The number of nitrogens with zero attached hydrogens (tertiary/aromatic N) is 2. The van der Waals surface area contributed by atoms with Crippen LogP contribution < -0.4 is 10.3 Å². The second kappa shape index (κ2) is 6.15. The molecule has 0 amide bonds. The van der Waals surface area contributed by atoms with Crippen molar-refractivity contribution in [2.45, 2.75) is 39.7 Å². The highest BCUT2D eigenvalue weighted by atomic mass is 16.5. The molecule has 0 fully saturated rings. The second-order valence-electron chi connectivity index (χ2n) is 7.08. The van der Waals surface area contributed by atoms with E-state index in [-0.39, 0.29) is 11.0 Å². The van der Waals surface area contributed by atoms with E-state index in [1.165, 1.54) is 5.56 Å². The van der Waals surface area contributed by atoms with Gasteiger partial charge in [-0.15, -0.1) is 0 Å². The van der Waals surface area contributed by atoms with Crippen LogP contribution in [0.5, 0.6) is 5.75 Å². The second-order valence-corrected chi connectivity index (χ2v) is 7.08. The Bertz CT molecular complexity index is 899. The molecule has 5 nitrogen and oxygen atoms in total. The Balaban J connectivity index is 1.66. The molecule has 0 aliphatic heterocycles. The van der Waals surface area contributed by atoms with Crippen LogP contribution in [0, 0.1) is 6.92 Å². The minimum Gasteiger partial charge on any atom is -0.492 e. The molecule has 0 spiro atoms. The van der Waals surface area contributed by atoms with Gasteiger partial charge in [-0.2, -0.15) is 0 Å². The van der Waals surface area contributed by atoms with Crippen molar-refractivity contribution in [3.05, 3.63) is 58.3 Å². The lowest BCUT2D eigenvalue weighted by atomic mass is 9.87. The molecule has 2 aromatic heterocycles. The largest absolute Gasteiger partial charge is 0.492 e. The maximum atomic E-state index is 12.4. The van der Waals surface area contributed by atoms with E-state index < -0.39 is 0 Å². The van der Waals surface area contributed by atoms with Gasteiger partial charge in [0.25, 0.3) is 5.56 Å². The van der Waals surface area contributed by atoms with Gasteiger partial charge >= 0.3 is 0 Å². The lowest BCUT2D eigenvalue weighted by Crippen LogP contribution is -2.23. The molecule has 24 heavy (non-hydrogen) atoms. The number of hydrogen-bond acceptors (Lipinski definition) is 3. The Morgan fingerprint density at radius 3 is 2.58 bits per heavy atom. The predicted octanol–water partition coefficient (Wildman–Crippen LogP) is 3.41. The number of benzene rings is 1.